The Hall–Kier alpha value is -1.13. The van der Waals surface area contributed by atoms with Crippen LogP contribution in [0.3, 0.4) is 0 Å². The Bertz CT molecular complexity index is 582. The largest absolute Gasteiger partial charge is 0.375 e. The molecule has 3 rings (SSSR count). The first-order valence-corrected chi connectivity index (χ1v) is 6.54. The average molecular weight is 269 g/mol. The third-order valence-corrected chi connectivity index (χ3v) is 4.41. The number of aryl methyl sites for hydroxylation is 1. The SMILES string of the molecule is Nc1nc2c(s1)C(c1ccc(F)c(Cl)c1)CC2. The van der Waals surface area contributed by atoms with Gasteiger partial charge < -0.3 is 5.73 Å². The van der Waals surface area contributed by atoms with E-state index >= 15 is 0 Å². The first-order chi connectivity index (χ1) is 8.15. The molecule has 0 saturated carbocycles. The van der Waals surface area contributed by atoms with Crippen LogP contribution < -0.4 is 5.73 Å². The van der Waals surface area contributed by atoms with Crippen LogP contribution in [0.15, 0.2) is 18.2 Å². The topological polar surface area (TPSA) is 38.9 Å². The molecule has 0 radical (unpaired) electrons. The van der Waals surface area contributed by atoms with E-state index < -0.39 is 0 Å². The van der Waals surface area contributed by atoms with Crippen molar-refractivity contribution in [3.8, 4) is 0 Å². The molecular formula is C12H10ClFN2S. The van der Waals surface area contributed by atoms with Crippen molar-refractivity contribution < 1.29 is 4.39 Å². The van der Waals surface area contributed by atoms with Crippen molar-refractivity contribution in [1.29, 1.82) is 0 Å². The minimum atomic E-state index is -0.377. The second-order valence-electron chi connectivity index (χ2n) is 4.13. The first-order valence-electron chi connectivity index (χ1n) is 5.35. The lowest BCUT2D eigenvalue weighted by Crippen LogP contribution is -1.95. The maximum absolute atomic E-state index is 13.1. The first kappa shape index (κ1) is 11.0. The number of aromatic nitrogens is 1. The predicted molar refractivity (Wildman–Crippen MR) is 68.1 cm³/mol. The van der Waals surface area contributed by atoms with E-state index in [1.807, 2.05) is 0 Å². The van der Waals surface area contributed by atoms with E-state index in [-0.39, 0.29) is 16.8 Å². The van der Waals surface area contributed by atoms with E-state index in [1.165, 1.54) is 22.3 Å². The van der Waals surface area contributed by atoms with Crippen molar-refractivity contribution >= 4 is 28.1 Å². The van der Waals surface area contributed by atoms with Crippen molar-refractivity contribution in [1.82, 2.24) is 4.98 Å². The van der Waals surface area contributed by atoms with Crippen LogP contribution in [0.25, 0.3) is 0 Å². The maximum Gasteiger partial charge on any atom is 0.180 e. The molecule has 2 N–H and O–H groups in total. The van der Waals surface area contributed by atoms with Gasteiger partial charge in [0.05, 0.1) is 10.7 Å². The molecule has 1 unspecified atom stereocenters. The summed E-state index contributed by atoms with van der Waals surface area (Å²) in [6, 6.07) is 4.91. The molecular weight excluding hydrogens is 259 g/mol. The normalized spacial score (nSPS) is 18.4. The van der Waals surface area contributed by atoms with Crippen molar-refractivity contribution in [2.45, 2.75) is 18.8 Å². The Balaban J connectivity index is 2.03. The zero-order chi connectivity index (χ0) is 12.0. The Morgan fingerprint density at radius 1 is 1.47 bits per heavy atom. The van der Waals surface area contributed by atoms with E-state index in [0.717, 1.165) is 24.1 Å². The standard InChI is InChI=1S/C12H10ClFN2S/c13-8-5-6(1-3-9(8)14)7-2-4-10-11(7)17-12(15)16-10/h1,3,5,7H,2,4H2,(H2,15,16). The molecule has 0 saturated heterocycles. The summed E-state index contributed by atoms with van der Waals surface area (Å²) in [5, 5.41) is 0.779. The van der Waals surface area contributed by atoms with Gasteiger partial charge in [-0.15, -0.1) is 11.3 Å². The zero-order valence-electron chi connectivity index (χ0n) is 8.91. The highest BCUT2D eigenvalue weighted by atomic mass is 35.5. The van der Waals surface area contributed by atoms with Crippen LogP contribution >= 0.6 is 22.9 Å². The lowest BCUT2D eigenvalue weighted by molar-refractivity contribution is 0.626. The molecule has 1 aliphatic carbocycles. The number of halogens is 2. The van der Waals surface area contributed by atoms with Gasteiger partial charge in [0.2, 0.25) is 0 Å². The van der Waals surface area contributed by atoms with Crippen LogP contribution in [0.4, 0.5) is 9.52 Å². The van der Waals surface area contributed by atoms with Gasteiger partial charge in [0.25, 0.3) is 0 Å². The fourth-order valence-electron chi connectivity index (χ4n) is 2.29. The van der Waals surface area contributed by atoms with E-state index in [9.17, 15) is 4.39 Å². The van der Waals surface area contributed by atoms with Crippen LogP contribution in [-0.4, -0.2) is 4.98 Å². The Morgan fingerprint density at radius 2 is 2.29 bits per heavy atom. The summed E-state index contributed by atoms with van der Waals surface area (Å²) in [7, 11) is 0. The van der Waals surface area contributed by atoms with Gasteiger partial charge in [0.1, 0.15) is 5.82 Å². The second kappa shape index (κ2) is 3.96. The minimum Gasteiger partial charge on any atom is -0.375 e. The molecule has 0 spiro atoms. The molecule has 88 valence electrons. The van der Waals surface area contributed by atoms with Gasteiger partial charge in [0.15, 0.2) is 5.13 Å². The fourth-order valence-corrected chi connectivity index (χ4v) is 3.53. The second-order valence-corrected chi connectivity index (χ2v) is 5.60. The summed E-state index contributed by atoms with van der Waals surface area (Å²) >= 11 is 7.33. The van der Waals surface area contributed by atoms with Crippen molar-refractivity contribution in [3.63, 3.8) is 0 Å². The number of anilines is 1. The molecule has 0 aliphatic heterocycles. The van der Waals surface area contributed by atoms with Crippen LogP contribution in [0.2, 0.25) is 5.02 Å². The summed E-state index contributed by atoms with van der Waals surface area (Å²) < 4.78 is 13.1. The molecule has 1 heterocycles. The number of nitrogen functional groups attached to an aromatic ring is 1. The number of nitrogens with zero attached hydrogens (tertiary/aromatic N) is 1. The smallest absolute Gasteiger partial charge is 0.180 e. The molecule has 1 aliphatic rings. The van der Waals surface area contributed by atoms with Crippen molar-refractivity contribution in [3.05, 3.63) is 45.2 Å². The molecule has 5 heteroatoms. The highest BCUT2D eigenvalue weighted by Gasteiger charge is 2.28. The summed E-state index contributed by atoms with van der Waals surface area (Å²) in [6.45, 7) is 0. The number of thiazole rings is 1. The number of rotatable bonds is 1. The van der Waals surface area contributed by atoms with Crippen LogP contribution in [0.1, 0.15) is 28.5 Å². The predicted octanol–water partition coefficient (Wildman–Crippen LogP) is 3.60. The molecule has 17 heavy (non-hydrogen) atoms. The van der Waals surface area contributed by atoms with Gasteiger partial charge >= 0.3 is 0 Å². The molecule has 0 bridgehead atoms. The van der Waals surface area contributed by atoms with Crippen LogP contribution in [0.5, 0.6) is 0 Å². The molecule has 2 aromatic rings. The quantitative estimate of drug-likeness (QED) is 0.858. The molecule has 0 fully saturated rings. The Morgan fingerprint density at radius 3 is 3.06 bits per heavy atom. The van der Waals surface area contributed by atoms with Gasteiger partial charge in [-0.05, 0) is 30.5 Å². The number of nitrogens with two attached hydrogens (primary N) is 1. The van der Waals surface area contributed by atoms with Gasteiger partial charge in [-0.2, -0.15) is 0 Å². The number of hydrogen-bond donors (Lipinski definition) is 1. The van der Waals surface area contributed by atoms with Gasteiger partial charge in [0, 0.05) is 10.8 Å². The lowest BCUT2D eigenvalue weighted by atomic mass is 9.98. The highest BCUT2D eigenvalue weighted by Crippen LogP contribution is 2.42. The van der Waals surface area contributed by atoms with Gasteiger partial charge in [-0.3, -0.25) is 0 Å². The zero-order valence-corrected chi connectivity index (χ0v) is 10.5. The summed E-state index contributed by atoms with van der Waals surface area (Å²) in [5.41, 5.74) is 7.83. The van der Waals surface area contributed by atoms with Crippen molar-refractivity contribution in [2.24, 2.45) is 0 Å². The average Bonchev–Trinajstić information content (AvgIpc) is 2.81. The number of fused-ring (bicyclic) bond motifs is 1. The minimum absolute atomic E-state index is 0.174. The van der Waals surface area contributed by atoms with Crippen LogP contribution in [0, 0.1) is 5.82 Å². The van der Waals surface area contributed by atoms with Crippen molar-refractivity contribution in [2.75, 3.05) is 5.73 Å². The Labute approximate surface area is 107 Å². The van der Waals surface area contributed by atoms with E-state index in [0.29, 0.717) is 5.13 Å². The number of benzene rings is 1. The lowest BCUT2D eigenvalue weighted by Gasteiger charge is -2.10. The third-order valence-electron chi connectivity index (χ3n) is 3.08. The fraction of sp³-hybridized carbons (Fsp3) is 0.250. The summed E-state index contributed by atoms with van der Waals surface area (Å²) in [6.07, 6.45) is 1.93. The monoisotopic (exact) mass is 268 g/mol. The molecule has 1 atom stereocenters. The van der Waals surface area contributed by atoms with Crippen LogP contribution in [-0.2, 0) is 6.42 Å². The van der Waals surface area contributed by atoms with Gasteiger partial charge in [-0.1, -0.05) is 17.7 Å². The maximum atomic E-state index is 13.1. The molecule has 1 aromatic heterocycles. The highest BCUT2D eigenvalue weighted by molar-refractivity contribution is 7.15. The third kappa shape index (κ3) is 1.81. The van der Waals surface area contributed by atoms with E-state index in [1.54, 1.807) is 12.1 Å². The summed E-state index contributed by atoms with van der Waals surface area (Å²) in [5.74, 6) is -0.115. The van der Waals surface area contributed by atoms with Gasteiger partial charge in [-0.25, -0.2) is 9.37 Å². The van der Waals surface area contributed by atoms with E-state index in [2.05, 4.69) is 4.98 Å². The molecule has 1 aromatic carbocycles. The number of hydrogen-bond acceptors (Lipinski definition) is 3. The Kier molecular flexibility index (Phi) is 2.56. The molecule has 0 amide bonds. The summed E-state index contributed by atoms with van der Waals surface area (Å²) in [4.78, 5) is 5.50. The molecule has 2 nitrogen and oxygen atoms in total. The van der Waals surface area contributed by atoms with E-state index in [4.69, 9.17) is 17.3 Å².